The van der Waals surface area contributed by atoms with Crippen LogP contribution in [0.25, 0.3) is 0 Å². The first-order valence-electron chi connectivity index (χ1n) is 3.38. The van der Waals surface area contributed by atoms with Gasteiger partial charge in [0.2, 0.25) is 0 Å². The molecular weight excluding hydrogens is 160 g/mol. The molecule has 0 aliphatic carbocycles. The summed E-state index contributed by atoms with van der Waals surface area (Å²) in [7, 11) is 0. The number of rotatable bonds is 0. The van der Waals surface area contributed by atoms with Crippen LogP contribution in [0.1, 0.15) is 10.4 Å². The number of nitrogens with one attached hydrogen (secondary N) is 1. The number of fused-ring (bicyclic) bond motifs is 1. The van der Waals surface area contributed by atoms with Crippen LogP contribution < -0.4 is 5.17 Å². The molecule has 0 fully saturated rings. The van der Waals surface area contributed by atoms with E-state index in [1.807, 2.05) is 0 Å². The minimum Gasteiger partial charge on any atom is -0.601 e. The predicted molar refractivity (Wildman–Crippen MR) is 38.4 cm³/mol. The number of carbonyl (C=O) groups excluding carboxylic acids is 1. The first-order valence-corrected chi connectivity index (χ1v) is 3.38. The van der Waals surface area contributed by atoms with Crippen LogP contribution in [0, 0.1) is 5.21 Å². The van der Waals surface area contributed by atoms with Crippen LogP contribution in [0.15, 0.2) is 24.3 Å². The number of hydrogen-bond donors (Lipinski definition) is 2. The van der Waals surface area contributed by atoms with Crippen molar-refractivity contribution in [2.24, 2.45) is 0 Å². The monoisotopic (exact) mass is 166 g/mol. The SMILES string of the molecule is O=C1c2ccccc2[NH+]([O-])N1O. The van der Waals surface area contributed by atoms with Crippen molar-refractivity contribution in [2.45, 2.75) is 0 Å². The number of carbonyl (C=O) groups is 1. The summed E-state index contributed by atoms with van der Waals surface area (Å²) in [5, 5.41) is 19.5. The number of nitrogens with zero attached hydrogens (tertiary/aromatic N) is 1. The standard InChI is InChI=1S/C7H6N2O3/c10-7-5-3-1-2-4-6(5)8(11)9(7)12/h1-4,8,12H. The molecule has 5 heteroatoms. The van der Waals surface area contributed by atoms with Gasteiger partial charge in [-0.15, -0.1) is 0 Å². The van der Waals surface area contributed by atoms with Gasteiger partial charge in [-0.2, -0.15) is 0 Å². The average Bonchev–Trinajstić information content (AvgIpc) is 2.33. The molecule has 5 nitrogen and oxygen atoms in total. The summed E-state index contributed by atoms with van der Waals surface area (Å²) < 4.78 is 0. The molecule has 1 aromatic rings. The summed E-state index contributed by atoms with van der Waals surface area (Å²) in [4.78, 5) is 11.1. The zero-order chi connectivity index (χ0) is 8.72. The van der Waals surface area contributed by atoms with Crippen LogP contribution >= 0.6 is 0 Å². The van der Waals surface area contributed by atoms with E-state index in [0.717, 1.165) is 0 Å². The van der Waals surface area contributed by atoms with E-state index < -0.39 is 11.1 Å². The molecule has 1 heterocycles. The number of benzene rings is 1. The molecule has 12 heavy (non-hydrogen) atoms. The summed E-state index contributed by atoms with van der Waals surface area (Å²) in [6.07, 6.45) is 0. The largest absolute Gasteiger partial charge is 0.601 e. The molecule has 1 atom stereocenters. The molecule has 0 bridgehead atoms. The summed E-state index contributed by atoms with van der Waals surface area (Å²) in [5.74, 6) is -0.657. The minimum absolute atomic E-state index is 0.130. The van der Waals surface area contributed by atoms with Gasteiger partial charge in [0.25, 0.3) is 0 Å². The van der Waals surface area contributed by atoms with Gasteiger partial charge in [0, 0.05) is 6.07 Å². The van der Waals surface area contributed by atoms with Gasteiger partial charge in [0.05, 0.1) is 0 Å². The van der Waals surface area contributed by atoms with Gasteiger partial charge >= 0.3 is 5.91 Å². The first kappa shape index (κ1) is 7.23. The van der Waals surface area contributed by atoms with Crippen molar-refractivity contribution in [1.82, 2.24) is 5.17 Å². The number of hydrogen-bond acceptors (Lipinski definition) is 3. The fourth-order valence-corrected chi connectivity index (χ4v) is 1.18. The van der Waals surface area contributed by atoms with Gasteiger partial charge in [-0.25, -0.2) is 10.4 Å². The highest BCUT2D eigenvalue weighted by molar-refractivity contribution is 5.98. The lowest BCUT2D eigenvalue weighted by Crippen LogP contribution is -3.07. The quantitative estimate of drug-likeness (QED) is 0.402. The summed E-state index contributed by atoms with van der Waals surface area (Å²) in [6.45, 7) is 0. The number of hydroxylamine groups is 1. The van der Waals surface area contributed by atoms with E-state index >= 15 is 0 Å². The molecule has 0 radical (unpaired) electrons. The van der Waals surface area contributed by atoms with Gasteiger partial charge in [-0.1, -0.05) is 12.1 Å². The third kappa shape index (κ3) is 0.751. The van der Waals surface area contributed by atoms with Crippen LogP contribution in [-0.2, 0) is 0 Å². The maximum Gasteiger partial charge on any atom is 0.335 e. The van der Waals surface area contributed by atoms with Crippen molar-refractivity contribution in [1.29, 1.82) is 0 Å². The Morgan fingerprint density at radius 1 is 1.42 bits per heavy atom. The van der Waals surface area contributed by atoms with E-state index in [-0.39, 0.29) is 16.4 Å². The van der Waals surface area contributed by atoms with E-state index in [0.29, 0.717) is 0 Å². The Labute approximate surface area is 67.9 Å². The molecule has 0 aromatic heterocycles. The maximum atomic E-state index is 11.1. The molecule has 62 valence electrons. The highest BCUT2D eigenvalue weighted by Gasteiger charge is 2.34. The summed E-state index contributed by atoms with van der Waals surface area (Å²) >= 11 is 0. The van der Waals surface area contributed by atoms with Crippen molar-refractivity contribution in [2.75, 3.05) is 0 Å². The molecule has 0 saturated heterocycles. The Morgan fingerprint density at radius 2 is 2.08 bits per heavy atom. The highest BCUT2D eigenvalue weighted by atomic mass is 16.7. The topological polar surface area (TPSA) is 68.0 Å². The Balaban J connectivity index is 2.59. The lowest BCUT2D eigenvalue weighted by atomic mass is 10.2. The fourth-order valence-electron chi connectivity index (χ4n) is 1.18. The predicted octanol–water partition coefficient (Wildman–Crippen LogP) is -0.539. The molecule has 2 N–H and O–H groups in total. The number of amides is 1. The molecule has 1 unspecified atom stereocenters. The van der Waals surface area contributed by atoms with Crippen LogP contribution in [0.4, 0.5) is 5.69 Å². The molecule has 1 aromatic carbocycles. The van der Waals surface area contributed by atoms with Crippen LogP contribution in [0.3, 0.4) is 0 Å². The normalized spacial score (nSPS) is 21.3. The maximum absolute atomic E-state index is 11.1. The van der Waals surface area contributed by atoms with Gasteiger partial charge < -0.3 is 5.21 Å². The Morgan fingerprint density at radius 3 is 2.75 bits per heavy atom. The highest BCUT2D eigenvalue weighted by Crippen LogP contribution is 2.16. The Hall–Kier alpha value is -1.43. The van der Waals surface area contributed by atoms with Crippen molar-refractivity contribution in [3.05, 3.63) is 35.0 Å². The molecular formula is C7H6N2O3. The van der Waals surface area contributed by atoms with Gasteiger partial charge in [0.1, 0.15) is 5.56 Å². The lowest BCUT2D eigenvalue weighted by Gasteiger charge is -2.19. The third-order valence-electron chi connectivity index (χ3n) is 1.77. The average molecular weight is 166 g/mol. The second-order valence-electron chi connectivity index (χ2n) is 2.47. The van der Waals surface area contributed by atoms with Gasteiger partial charge in [0.15, 0.2) is 5.69 Å². The molecule has 2 rings (SSSR count). The van der Waals surface area contributed by atoms with Gasteiger partial charge in [-0.05, 0) is 11.2 Å². The second-order valence-corrected chi connectivity index (χ2v) is 2.47. The lowest BCUT2D eigenvalue weighted by molar-refractivity contribution is -0.934. The third-order valence-corrected chi connectivity index (χ3v) is 1.77. The van der Waals surface area contributed by atoms with Crippen molar-refractivity contribution >= 4 is 11.6 Å². The Bertz CT molecular complexity index is 339. The van der Waals surface area contributed by atoms with E-state index in [9.17, 15) is 10.0 Å². The van der Waals surface area contributed by atoms with Crippen molar-refractivity contribution in [3.63, 3.8) is 0 Å². The smallest absolute Gasteiger partial charge is 0.335 e. The van der Waals surface area contributed by atoms with Crippen LogP contribution in [0.5, 0.6) is 0 Å². The van der Waals surface area contributed by atoms with E-state index in [2.05, 4.69) is 0 Å². The number of quaternary nitrogens is 1. The zero-order valence-electron chi connectivity index (χ0n) is 6.02. The van der Waals surface area contributed by atoms with Crippen LogP contribution in [0.2, 0.25) is 0 Å². The van der Waals surface area contributed by atoms with Crippen molar-refractivity contribution < 1.29 is 15.2 Å². The van der Waals surface area contributed by atoms with Crippen LogP contribution in [-0.4, -0.2) is 16.3 Å². The molecule has 0 spiro atoms. The fraction of sp³-hybridized carbons (Fsp3) is 0. The Kier molecular flexibility index (Phi) is 1.37. The summed E-state index contributed by atoms with van der Waals surface area (Å²) in [6, 6.07) is 6.30. The minimum atomic E-state index is -0.657. The van der Waals surface area contributed by atoms with Crippen molar-refractivity contribution in [3.8, 4) is 0 Å². The molecule has 1 aliphatic rings. The molecule has 1 amide bonds. The second kappa shape index (κ2) is 2.28. The van der Waals surface area contributed by atoms with Gasteiger partial charge in [-0.3, -0.25) is 4.79 Å². The van der Waals surface area contributed by atoms with E-state index in [1.54, 1.807) is 12.1 Å². The van der Waals surface area contributed by atoms with E-state index in [4.69, 9.17) is 5.21 Å². The van der Waals surface area contributed by atoms with E-state index in [1.165, 1.54) is 12.1 Å². The summed E-state index contributed by atoms with van der Waals surface area (Å²) in [5.41, 5.74) is 0.509. The molecule has 1 aliphatic heterocycles. The molecule has 0 saturated carbocycles. The first-order chi connectivity index (χ1) is 5.72. The zero-order valence-corrected chi connectivity index (χ0v) is 6.02.